The van der Waals surface area contributed by atoms with Gasteiger partial charge in [0.05, 0.1) is 5.69 Å². The summed E-state index contributed by atoms with van der Waals surface area (Å²) in [7, 11) is 0. The molecule has 0 aliphatic carbocycles. The Bertz CT molecular complexity index is 994. The molecule has 7 nitrogen and oxygen atoms in total. The number of phenolic OH excluding ortho intramolecular Hbond substituents is 2. The van der Waals surface area contributed by atoms with Crippen molar-refractivity contribution in [2.45, 2.75) is 13.5 Å². The van der Waals surface area contributed by atoms with E-state index in [0.29, 0.717) is 11.3 Å². The van der Waals surface area contributed by atoms with E-state index in [-0.39, 0.29) is 17.7 Å². The first-order valence-electron chi connectivity index (χ1n) is 7.14. The van der Waals surface area contributed by atoms with E-state index in [0.717, 1.165) is 5.69 Å². The summed E-state index contributed by atoms with van der Waals surface area (Å²) in [6.45, 7) is 1.56. The Morgan fingerprint density at radius 3 is 2.75 bits per heavy atom. The van der Waals surface area contributed by atoms with Crippen LogP contribution in [0.25, 0.3) is 5.65 Å². The maximum absolute atomic E-state index is 12.1. The van der Waals surface area contributed by atoms with Crippen LogP contribution in [0.3, 0.4) is 0 Å². The molecular formula is C17H14N2O5. The van der Waals surface area contributed by atoms with E-state index in [2.05, 4.69) is 4.98 Å². The van der Waals surface area contributed by atoms with Gasteiger partial charge in [0.1, 0.15) is 17.8 Å². The second-order valence-corrected chi connectivity index (χ2v) is 5.20. The summed E-state index contributed by atoms with van der Waals surface area (Å²) in [5, 5.41) is 19.1. The molecule has 122 valence electrons. The number of carbonyl (C=O) groups excluding carboxylic acids is 1. The van der Waals surface area contributed by atoms with Crippen LogP contribution in [0.1, 0.15) is 21.7 Å². The average Bonchev–Trinajstić information content (AvgIpc) is 2.55. The molecule has 2 heterocycles. The lowest BCUT2D eigenvalue weighted by molar-refractivity contribution is 0.0463. The summed E-state index contributed by atoms with van der Waals surface area (Å²) in [5.41, 5.74) is 1.05. The standard InChI is InChI=1S/C17H14N2O5/c1-10-4-2-7-14-18-11(8-15(21)19(10)14)9-24-17(23)12-5-3-6-13(20)16(12)22/h2-8,20,22H,9H2,1H3. The summed E-state index contributed by atoms with van der Waals surface area (Å²) >= 11 is 0. The van der Waals surface area contributed by atoms with E-state index in [1.54, 1.807) is 25.1 Å². The number of nitrogens with zero attached hydrogens (tertiary/aromatic N) is 2. The largest absolute Gasteiger partial charge is 0.504 e. The van der Waals surface area contributed by atoms with E-state index in [1.165, 1.54) is 28.7 Å². The zero-order valence-electron chi connectivity index (χ0n) is 12.8. The summed E-state index contributed by atoms with van der Waals surface area (Å²) in [4.78, 5) is 28.4. The van der Waals surface area contributed by atoms with Gasteiger partial charge in [0.15, 0.2) is 11.5 Å². The number of aromatic nitrogens is 2. The predicted octanol–water partition coefficient (Wildman–Crippen LogP) is 1.77. The van der Waals surface area contributed by atoms with E-state index < -0.39 is 17.5 Å². The minimum absolute atomic E-state index is 0.164. The third kappa shape index (κ3) is 2.79. The van der Waals surface area contributed by atoms with E-state index in [9.17, 15) is 19.8 Å². The fourth-order valence-corrected chi connectivity index (χ4v) is 2.35. The van der Waals surface area contributed by atoms with Gasteiger partial charge >= 0.3 is 5.97 Å². The first-order chi connectivity index (χ1) is 11.5. The molecule has 24 heavy (non-hydrogen) atoms. The number of rotatable bonds is 3. The van der Waals surface area contributed by atoms with Gasteiger partial charge in [-0.1, -0.05) is 12.1 Å². The number of carbonyl (C=O) groups is 1. The highest BCUT2D eigenvalue weighted by Gasteiger charge is 2.16. The molecule has 0 fully saturated rings. The van der Waals surface area contributed by atoms with Gasteiger partial charge in [0.2, 0.25) is 0 Å². The fourth-order valence-electron chi connectivity index (χ4n) is 2.35. The SMILES string of the molecule is Cc1cccc2nc(COC(=O)c3cccc(O)c3O)cc(=O)n12. The number of aromatic hydroxyl groups is 2. The molecule has 0 spiro atoms. The molecular weight excluding hydrogens is 312 g/mol. The second kappa shape index (κ2) is 6.04. The molecule has 1 aromatic carbocycles. The Kier molecular flexibility index (Phi) is 3.91. The summed E-state index contributed by atoms with van der Waals surface area (Å²) in [6, 6.07) is 10.5. The van der Waals surface area contributed by atoms with Gasteiger partial charge in [0.25, 0.3) is 5.56 Å². The van der Waals surface area contributed by atoms with E-state index in [1.807, 2.05) is 0 Å². The molecule has 7 heteroatoms. The van der Waals surface area contributed by atoms with Crippen molar-refractivity contribution in [3.8, 4) is 11.5 Å². The molecule has 0 aliphatic heterocycles. The quantitative estimate of drug-likeness (QED) is 0.562. The van der Waals surface area contributed by atoms with Crippen molar-refractivity contribution >= 4 is 11.6 Å². The van der Waals surface area contributed by atoms with Crippen molar-refractivity contribution in [2.24, 2.45) is 0 Å². The molecule has 2 N–H and O–H groups in total. The summed E-state index contributed by atoms with van der Waals surface area (Å²) in [6.07, 6.45) is 0. The number of hydrogen-bond acceptors (Lipinski definition) is 6. The number of pyridine rings is 1. The second-order valence-electron chi connectivity index (χ2n) is 5.20. The number of benzene rings is 1. The van der Waals surface area contributed by atoms with Crippen molar-refractivity contribution in [3.63, 3.8) is 0 Å². The van der Waals surface area contributed by atoms with Gasteiger partial charge in [-0.3, -0.25) is 9.20 Å². The monoisotopic (exact) mass is 326 g/mol. The highest BCUT2D eigenvalue weighted by molar-refractivity contribution is 5.93. The lowest BCUT2D eigenvalue weighted by atomic mass is 10.2. The Balaban J connectivity index is 1.85. The minimum Gasteiger partial charge on any atom is -0.504 e. The molecule has 3 aromatic rings. The average molecular weight is 326 g/mol. The lowest BCUT2D eigenvalue weighted by Crippen LogP contribution is -2.18. The number of esters is 1. The van der Waals surface area contributed by atoms with Crippen LogP contribution in [0, 0.1) is 6.92 Å². The third-order valence-corrected chi connectivity index (χ3v) is 3.52. The number of fused-ring (bicyclic) bond motifs is 1. The number of hydrogen-bond donors (Lipinski definition) is 2. The summed E-state index contributed by atoms with van der Waals surface area (Å²) in [5.74, 6) is -1.79. The number of ether oxygens (including phenoxy) is 1. The van der Waals surface area contributed by atoms with Crippen molar-refractivity contribution in [3.05, 3.63) is 69.8 Å². The van der Waals surface area contributed by atoms with Gasteiger partial charge < -0.3 is 14.9 Å². The van der Waals surface area contributed by atoms with E-state index in [4.69, 9.17) is 4.74 Å². The van der Waals surface area contributed by atoms with Gasteiger partial charge in [-0.2, -0.15) is 0 Å². The van der Waals surface area contributed by atoms with Crippen LogP contribution >= 0.6 is 0 Å². The Morgan fingerprint density at radius 1 is 1.21 bits per heavy atom. The zero-order valence-corrected chi connectivity index (χ0v) is 12.8. The van der Waals surface area contributed by atoms with Gasteiger partial charge in [-0.15, -0.1) is 0 Å². The Morgan fingerprint density at radius 2 is 1.96 bits per heavy atom. The highest BCUT2D eigenvalue weighted by atomic mass is 16.5. The van der Waals surface area contributed by atoms with Crippen LogP contribution in [0.4, 0.5) is 0 Å². The van der Waals surface area contributed by atoms with Crippen molar-refractivity contribution in [1.29, 1.82) is 0 Å². The highest BCUT2D eigenvalue weighted by Crippen LogP contribution is 2.28. The lowest BCUT2D eigenvalue weighted by Gasteiger charge is -2.08. The first kappa shape index (κ1) is 15.5. The smallest absolute Gasteiger partial charge is 0.342 e. The normalized spacial score (nSPS) is 10.7. The first-order valence-corrected chi connectivity index (χ1v) is 7.14. The molecule has 3 rings (SSSR count). The maximum Gasteiger partial charge on any atom is 0.342 e. The van der Waals surface area contributed by atoms with Crippen LogP contribution < -0.4 is 5.56 Å². The summed E-state index contributed by atoms with van der Waals surface area (Å²) < 4.78 is 6.51. The van der Waals surface area contributed by atoms with Crippen LogP contribution in [-0.2, 0) is 11.3 Å². The Hall–Kier alpha value is -3.35. The Labute approximate surface area is 136 Å². The zero-order chi connectivity index (χ0) is 17.3. The van der Waals surface area contributed by atoms with Crippen molar-refractivity contribution in [1.82, 2.24) is 9.38 Å². The minimum atomic E-state index is -0.824. The molecule has 2 aromatic heterocycles. The fraction of sp³-hybridized carbons (Fsp3) is 0.118. The molecule has 0 aliphatic rings. The van der Waals surface area contributed by atoms with Crippen LogP contribution in [0.2, 0.25) is 0 Å². The molecule has 0 radical (unpaired) electrons. The van der Waals surface area contributed by atoms with Gasteiger partial charge in [0, 0.05) is 11.8 Å². The van der Waals surface area contributed by atoms with Crippen molar-refractivity contribution < 1.29 is 19.7 Å². The number of phenols is 2. The molecule has 0 saturated carbocycles. The van der Waals surface area contributed by atoms with Crippen LogP contribution in [0.5, 0.6) is 11.5 Å². The predicted molar refractivity (Wildman–Crippen MR) is 85.1 cm³/mol. The van der Waals surface area contributed by atoms with Gasteiger partial charge in [-0.25, -0.2) is 9.78 Å². The molecule has 0 amide bonds. The number of aryl methyl sites for hydroxylation is 1. The third-order valence-electron chi connectivity index (χ3n) is 3.52. The number of para-hydroxylation sites is 1. The maximum atomic E-state index is 12.1. The molecule has 0 atom stereocenters. The topological polar surface area (TPSA) is 101 Å². The molecule has 0 unspecified atom stereocenters. The molecule has 0 bridgehead atoms. The molecule has 0 saturated heterocycles. The van der Waals surface area contributed by atoms with Gasteiger partial charge in [-0.05, 0) is 31.2 Å². The van der Waals surface area contributed by atoms with E-state index >= 15 is 0 Å². The van der Waals surface area contributed by atoms with Crippen molar-refractivity contribution in [2.75, 3.05) is 0 Å². The van der Waals surface area contributed by atoms with Crippen LogP contribution in [-0.4, -0.2) is 25.6 Å². The van der Waals surface area contributed by atoms with Crippen LogP contribution in [0.15, 0.2) is 47.3 Å².